The minimum atomic E-state index is -0.216. The molecule has 0 saturated carbocycles. The van der Waals surface area contributed by atoms with Crippen LogP contribution in [0.4, 0.5) is 0 Å². The summed E-state index contributed by atoms with van der Waals surface area (Å²) in [6.07, 6.45) is 1.57. The molecule has 0 bridgehead atoms. The number of hydrogen-bond acceptors (Lipinski definition) is 4. The summed E-state index contributed by atoms with van der Waals surface area (Å²) in [4.78, 5) is 34.4. The molecule has 0 spiro atoms. The molecule has 0 atom stereocenters. The van der Waals surface area contributed by atoms with Crippen LogP contribution in [0.5, 0.6) is 0 Å². The van der Waals surface area contributed by atoms with E-state index < -0.39 is 0 Å². The molecular weight excluding hydrogens is 410 g/mol. The number of fused-ring (bicyclic) bond motifs is 1. The van der Waals surface area contributed by atoms with Crippen molar-refractivity contribution in [3.63, 3.8) is 0 Å². The Kier molecular flexibility index (Phi) is 5.27. The molecule has 3 aromatic heterocycles. The van der Waals surface area contributed by atoms with E-state index in [2.05, 4.69) is 42.7 Å². The summed E-state index contributed by atoms with van der Waals surface area (Å²) in [7, 11) is 0. The lowest BCUT2D eigenvalue weighted by molar-refractivity contribution is 0.0759. The zero-order valence-corrected chi connectivity index (χ0v) is 17.0. The maximum atomic E-state index is 13.3. The average Bonchev–Trinajstić information content (AvgIpc) is 3.03. The molecule has 0 fully saturated rings. The van der Waals surface area contributed by atoms with Gasteiger partial charge in [0.15, 0.2) is 5.65 Å². The van der Waals surface area contributed by atoms with Crippen molar-refractivity contribution in [3.8, 4) is 0 Å². The number of carbonyl (C=O) groups is 1. The molecular formula is C19H20BrN5O2. The third kappa shape index (κ3) is 4.00. The summed E-state index contributed by atoms with van der Waals surface area (Å²) >= 11 is 3.33. The molecule has 0 radical (unpaired) electrons. The molecule has 140 valence electrons. The third-order valence-electron chi connectivity index (χ3n) is 4.21. The van der Waals surface area contributed by atoms with Gasteiger partial charge in [0, 0.05) is 17.8 Å². The van der Waals surface area contributed by atoms with Gasteiger partial charge in [-0.1, -0.05) is 12.2 Å². The Hall–Kier alpha value is -2.74. The van der Waals surface area contributed by atoms with E-state index in [-0.39, 0.29) is 18.0 Å². The van der Waals surface area contributed by atoms with Crippen molar-refractivity contribution in [1.82, 2.24) is 25.1 Å². The van der Waals surface area contributed by atoms with Crippen LogP contribution in [-0.2, 0) is 6.54 Å². The molecule has 0 aliphatic rings. The number of pyridine rings is 2. The van der Waals surface area contributed by atoms with Gasteiger partial charge in [-0.25, -0.2) is 4.98 Å². The van der Waals surface area contributed by atoms with E-state index in [1.165, 1.54) is 0 Å². The fourth-order valence-electron chi connectivity index (χ4n) is 3.04. The number of hydrogen-bond donors (Lipinski definition) is 2. The van der Waals surface area contributed by atoms with Crippen molar-refractivity contribution in [1.29, 1.82) is 0 Å². The number of aromatic amines is 2. The van der Waals surface area contributed by atoms with Crippen LogP contribution in [0.2, 0.25) is 0 Å². The lowest BCUT2D eigenvalue weighted by atomic mass is 10.1. The fourth-order valence-corrected chi connectivity index (χ4v) is 3.45. The van der Waals surface area contributed by atoms with Gasteiger partial charge in [0.2, 0.25) is 0 Å². The first-order valence-electron chi connectivity index (χ1n) is 8.39. The number of amides is 1. The number of halogens is 1. The molecule has 0 unspecified atom stereocenters. The highest BCUT2D eigenvalue weighted by molar-refractivity contribution is 9.10. The predicted molar refractivity (Wildman–Crippen MR) is 108 cm³/mol. The Morgan fingerprint density at radius 3 is 2.74 bits per heavy atom. The van der Waals surface area contributed by atoms with Crippen LogP contribution in [0.1, 0.15) is 34.1 Å². The van der Waals surface area contributed by atoms with E-state index in [1.807, 2.05) is 26.8 Å². The molecule has 8 heteroatoms. The first kappa shape index (κ1) is 19.0. The topological polar surface area (TPSA) is 94.7 Å². The van der Waals surface area contributed by atoms with E-state index in [1.54, 1.807) is 17.2 Å². The summed E-state index contributed by atoms with van der Waals surface area (Å²) < 4.78 is 0.530. The van der Waals surface area contributed by atoms with E-state index in [0.29, 0.717) is 33.3 Å². The van der Waals surface area contributed by atoms with Crippen molar-refractivity contribution in [3.05, 3.63) is 67.8 Å². The normalized spacial score (nSPS) is 11.0. The largest absolute Gasteiger partial charge is 0.330 e. The van der Waals surface area contributed by atoms with Gasteiger partial charge in [-0.3, -0.25) is 14.7 Å². The zero-order valence-electron chi connectivity index (χ0n) is 15.4. The number of aryl methyl sites for hydroxylation is 2. The monoisotopic (exact) mass is 429 g/mol. The van der Waals surface area contributed by atoms with Crippen LogP contribution in [-0.4, -0.2) is 37.5 Å². The van der Waals surface area contributed by atoms with Crippen molar-refractivity contribution < 1.29 is 4.79 Å². The highest BCUT2D eigenvalue weighted by atomic mass is 79.9. The van der Waals surface area contributed by atoms with Crippen molar-refractivity contribution in [2.75, 3.05) is 6.54 Å². The van der Waals surface area contributed by atoms with E-state index in [0.717, 1.165) is 16.8 Å². The van der Waals surface area contributed by atoms with Crippen LogP contribution in [0, 0.1) is 13.8 Å². The average molecular weight is 430 g/mol. The van der Waals surface area contributed by atoms with Crippen LogP contribution in [0.25, 0.3) is 11.0 Å². The summed E-state index contributed by atoms with van der Waals surface area (Å²) in [6.45, 7) is 10.0. The second-order valence-corrected chi connectivity index (χ2v) is 7.50. The minimum Gasteiger partial charge on any atom is -0.330 e. The number of carbonyl (C=O) groups excluding carboxylic acids is 1. The van der Waals surface area contributed by atoms with Crippen molar-refractivity contribution in [2.24, 2.45) is 0 Å². The van der Waals surface area contributed by atoms with Gasteiger partial charge in [-0.2, -0.15) is 5.10 Å². The van der Waals surface area contributed by atoms with E-state index in [4.69, 9.17) is 0 Å². The number of nitrogens with zero attached hydrogens (tertiary/aromatic N) is 3. The quantitative estimate of drug-likeness (QED) is 0.480. The molecule has 2 N–H and O–H groups in total. The first-order valence-corrected chi connectivity index (χ1v) is 9.18. The van der Waals surface area contributed by atoms with Gasteiger partial charge in [-0.05, 0) is 54.4 Å². The third-order valence-corrected chi connectivity index (χ3v) is 4.62. The molecule has 0 aromatic carbocycles. The Balaban J connectivity index is 2.05. The fraction of sp³-hybridized carbons (Fsp3) is 0.263. The SMILES string of the molecule is C=C(C)CN(Cc1c(C)cc(C)[nH]c1=O)C(=O)c1cc(Br)nc2[nH]ncc12. The standard InChI is InChI=1S/C19H20BrN5O2/c1-10(2)8-25(9-15-11(3)5-12(4)22-18(15)26)19(27)13-6-16(20)23-17-14(13)7-21-24-17/h5-7H,1,8-9H2,2-4H3,(H,22,26)(H,21,23,24). The second-order valence-electron chi connectivity index (χ2n) is 6.69. The maximum Gasteiger partial charge on any atom is 0.255 e. The Bertz CT molecular complexity index is 1100. The number of aromatic nitrogens is 4. The number of nitrogens with one attached hydrogen (secondary N) is 2. The van der Waals surface area contributed by atoms with Crippen LogP contribution in [0.3, 0.4) is 0 Å². The first-order chi connectivity index (χ1) is 12.8. The zero-order chi connectivity index (χ0) is 19.7. The molecule has 0 aliphatic heterocycles. The van der Waals surface area contributed by atoms with E-state index >= 15 is 0 Å². The summed E-state index contributed by atoms with van der Waals surface area (Å²) in [5, 5.41) is 7.38. The molecule has 0 aliphatic carbocycles. The Labute approximate surface area is 164 Å². The van der Waals surface area contributed by atoms with Gasteiger partial charge >= 0.3 is 0 Å². The molecule has 1 amide bonds. The summed E-state index contributed by atoms with van der Waals surface area (Å²) in [5.41, 5.74) is 3.82. The smallest absolute Gasteiger partial charge is 0.255 e. The Morgan fingerprint density at radius 1 is 1.33 bits per heavy atom. The predicted octanol–water partition coefficient (Wildman–Crippen LogP) is 3.24. The number of H-pyrrole nitrogens is 2. The van der Waals surface area contributed by atoms with E-state index in [9.17, 15) is 9.59 Å². The lowest BCUT2D eigenvalue weighted by Gasteiger charge is -2.24. The minimum absolute atomic E-state index is 0.184. The molecule has 3 heterocycles. The van der Waals surface area contributed by atoms with Gasteiger partial charge in [0.05, 0.1) is 23.7 Å². The molecule has 3 aromatic rings. The van der Waals surface area contributed by atoms with Crippen molar-refractivity contribution >= 4 is 32.9 Å². The number of rotatable bonds is 5. The van der Waals surface area contributed by atoms with Crippen LogP contribution >= 0.6 is 15.9 Å². The lowest BCUT2D eigenvalue weighted by Crippen LogP contribution is -2.34. The molecule has 3 rings (SSSR count). The summed E-state index contributed by atoms with van der Waals surface area (Å²) in [5.74, 6) is -0.216. The highest BCUT2D eigenvalue weighted by Crippen LogP contribution is 2.22. The Morgan fingerprint density at radius 2 is 2.07 bits per heavy atom. The van der Waals surface area contributed by atoms with Gasteiger partial charge < -0.3 is 9.88 Å². The van der Waals surface area contributed by atoms with Gasteiger partial charge in [0.1, 0.15) is 4.60 Å². The van der Waals surface area contributed by atoms with Crippen LogP contribution in [0.15, 0.2) is 39.9 Å². The second kappa shape index (κ2) is 7.48. The maximum absolute atomic E-state index is 13.3. The van der Waals surface area contributed by atoms with Gasteiger partial charge in [0.25, 0.3) is 11.5 Å². The highest BCUT2D eigenvalue weighted by Gasteiger charge is 2.22. The summed E-state index contributed by atoms with van der Waals surface area (Å²) in [6, 6.07) is 3.56. The van der Waals surface area contributed by atoms with Crippen molar-refractivity contribution in [2.45, 2.75) is 27.3 Å². The molecule has 7 nitrogen and oxygen atoms in total. The molecule has 27 heavy (non-hydrogen) atoms. The molecule has 0 saturated heterocycles. The van der Waals surface area contributed by atoms with Gasteiger partial charge in [-0.15, -0.1) is 0 Å². The van der Waals surface area contributed by atoms with Crippen LogP contribution < -0.4 is 5.56 Å².